The molecule has 1 fully saturated rings. The van der Waals surface area contributed by atoms with Gasteiger partial charge in [-0.05, 0) is 50.0 Å². The molecule has 0 radical (unpaired) electrons. The van der Waals surface area contributed by atoms with Gasteiger partial charge in [-0.3, -0.25) is 4.90 Å². The van der Waals surface area contributed by atoms with Crippen molar-refractivity contribution in [2.24, 2.45) is 0 Å². The summed E-state index contributed by atoms with van der Waals surface area (Å²) in [5.74, 6) is 2.82. The maximum absolute atomic E-state index is 4.52. The highest BCUT2D eigenvalue weighted by molar-refractivity contribution is 5.41. The zero-order valence-corrected chi connectivity index (χ0v) is 16.3. The quantitative estimate of drug-likeness (QED) is 0.744. The maximum atomic E-state index is 4.52. The number of piperidine rings is 1. The van der Waals surface area contributed by atoms with Gasteiger partial charge in [0.1, 0.15) is 24.3 Å². The minimum Gasteiger partial charge on any atom is -0.312 e. The van der Waals surface area contributed by atoms with Crippen molar-refractivity contribution in [2.75, 3.05) is 19.6 Å². The fourth-order valence-corrected chi connectivity index (χ4v) is 4.43. The maximum Gasteiger partial charge on any atom is 0.147 e. The minimum atomic E-state index is 0.534. The van der Waals surface area contributed by atoms with Gasteiger partial charge in [-0.1, -0.05) is 12.1 Å². The molecule has 5 rings (SSSR count). The third-order valence-corrected chi connectivity index (χ3v) is 5.94. The van der Waals surface area contributed by atoms with Gasteiger partial charge in [0.2, 0.25) is 0 Å². The molecule has 1 N–H and O–H groups in total. The van der Waals surface area contributed by atoms with E-state index in [9.17, 15) is 0 Å². The number of likely N-dealkylation sites (tertiary alicyclic amines) is 1. The summed E-state index contributed by atoms with van der Waals surface area (Å²) in [7, 11) is 0. The van der Waals surface area contributed by atoms with Crippen molar-refractivity contribution < 1.29 is 0 Å². The average Bonchev–Trinajstić information content (AvgIpc) is 3.39. The first-order valence-corrected chi connectivity index (χ1v) is 10.1. The zero-order valence-electron chi connectivity index (χ0n) is 16.3. The number of fused-ring (bicyclic) bond motifs is 1. The Balaban J connectivity index is 1.22. The molecule has 0 unspecified atom stereocenters. The monoisotopic (exact) mass is 378 g/mol. The lowest BCUT2D eigenvalue weighted by molar-refractivity contribution is 0.199. The second kappa shape index (κ2) is 7.44. The van der Waals surface area contributed by atoms with Gasteiger partial charge in [-0.15, -0.1) is 10.2 Å². The summed E-state index contributed by atoms with van der Waals surface area (Å²) in [5, 5.41) is 16.5. The molecule has 3 aromatic rings. The van der Waals surface area contributed by atoms with Crippen LogP contribution in [-0.2, 0) is 19.6 Å². The first-order valence-electron chi connectivity index (χ1n) is 10.1. The molecule has 1 saturated heterocycles. The van der Waals surface area contributed by atoms with Crippen molar-refractivity contribution in [1.29, 1.82) is 0 Å². The molecule has 0 amide bonds. The second-order valence-corrected chi connectivity index (χ2v) is 7.81. The number of hydrogen-bond acceptors (Lipinski definition) is 6. The van der Waals surface area contributed by atoms with Gasteiger partial charge in [0.15, 0.2) is 0 Å². The van der Waals surface area contributed by atoms with Gasteiger partial charge >= 0.3 is 0 Å². The first-order chi connectivity index (χ1) is 13.8. The van der Waals surface area contributed by atoms with Crippen LogP contribution in [0.25, 0.3) is 5.69 Å². The van der Waals surface area contributed by atoms with Crippen LogP contribution >= 0.6 is 0 Å². The van der Waals surface area contributed by atoms with Crippen LogP contribution in [0.15, 0.2) is 30.9 Å². The van der Waals surface area contributed by atoms with E-state index in [0.29, 0.717) is 5.92 Å². The summed E-state index contributed by atoms with van der Waals surface area (Å²) in [4.78, 5) is 6.59. The van der Waals surface area contributed by atoms with E-state index in [-0.39, 0.29) is 0 Å². The summed E-state index contributed by atoms with van der Waals surface area (Å²) < 4.78 is 4.16. The van der Waals surface area contributed by atoms with Crippen molar-refractivity contribution in [3.05, 3.63) is 53.6 Å². The Bertz CT molecular complexity index is 937. The Labute approximate surface area is 164 Å². The Morgan fingerprint density at radius 1 is 1.14 bits per heavy atom. The molecule has 2 aliphatic heterocycles. The van der Waals surface area contributed by atoms with Crippen molar-refractivity contribution in [1.82, 2.24) is 39.7 Å². The van der Waals surface area contributed by atoms with E-state index in [0.717, 1.165) is 63.6 Å². The largest absolute Gasteiger partial charge is 0.312 e. The molecule has 1 aromatic carbocycles. The van der Waals surface area contributed by atoms with Crippen LogP contribution in [0.5, 0.6) is 0 Å². The highest BCUT2D eigenvalue weighted by Gasteiger charge is 2.27. The standard InChI is InChI=1S/C20H26N8/c1-15-10-16(2-3-18(15)28-14-22-13-23-28)12-26-7-4-17(5-8-26)20-25-24-19-11-21-6-9-27(19)20/h2-3,10,13-14,17,21H,4-9,11-12H2,1H3. The van der Waals surface area contributed by atoms with Gasteiger partial charge in [0, 0.05) is 25.6 Å². The fourth-order valence-electron chi connectivity index (χ4n) is 4.43. The number of hydrogen-bond donors (Lipinski definition) is 1. The molecule has 146 valence electrons. The molecule has 28 heavy (non-hydrogen) atoms. The smallest absolute Gasteiger partial charge is 0.147 e. The summed E-state index contributed by atoms with van der Waals surface area (Å²) >= 11 is 0. The molecular weight excluding hydrogens is 352 g/mol. The summed E-state index contributed by atoms with van der Waals surface area (Å²) in [6.07, 6.45) is 5.62. The predicted molar refractivity (Wildman–Crippen MR) is 105 cm³/mol. The Morgan fingerprint density at radius 3 is 2.82 bits per heavy atom. The van der Waals surface area contributed by atoms with Crippen LogP contribution < -0.4 is 5.32 Å². The molecule has 2 aliphatic rings. The van der Waals surface area contributed by atoms with E-state index in [4.69, 9.17) is 0 Å². The van der Waals surface area contributed by atoms with Crippen LogP contribution in [0.1, 0.15) is 41.5 Å². The van der Waals surface area contributed by atoms with E-state index in [1.807, 2.05) is 4.68 Å². The van der Waals surface area contributed by atoms with E-state index >= 15 is 0 Å². The van der Waals surface area contributed by atoms with Crippen LogP contribution in [0, 0.1) is 6.92 Å². The van der Waals surface area contributed by atoms with Gasteiger partial charge in [0.05, 0.1) is 12.2 Å². The molecule has 8 heteroatoms. The lowest BCUT2D eigenvalue weighted by Crippen LogP contribution is -2.34. The van der Waals surface area contributed by atoms with Crippen LogP contribution in [0.3, 0.4) is 0 Å². The molecule has 0 spiro atoms. The predicted octanol–water partition coefficient (Wildman–Crippen LogP) is 1.65. The highest BCUT2D eigenvalue weighted by atomic mass is 15.3. The van der Waals surface area contributed by atoms with Gasteiger partial charge in [-0.2, -0.15) is 5.10 Å². The zero-order chi connectivity index (χ0) is 18.9. The normalized spacial score (nSPS) is 18.3. The summed E-state index contributed by atoms with van der Waals surface area (Å²) in [6.45, 7) is 8.19. The summed E-state index contributed by atoms with van der Waals surface area (Å²) in [6, 6.07) is 6.62. The summed E-state index contributed by atoms with van der Waals surface area (Å²) in [5.41, 5.74) is 3.67. The third-order valence-electron chi connectivity index (χ3n) is 5.94. The van der Waals surface area contributed by atoms with Crippen molar-refractivity contribution in [3.63, 3.8) is 0 Å². The van der Waals surface area contributed by atoms with Crippen LogP contribution in [-0.4, -0.2) is 54.1 Å². The SMILES string of the molecule is Cc1cc(CN2CCC(c3nnc4n3CCNC4)CC2)ccc1-n1cncn1. The lowest BCUT2D eigenvalue weighted by Gasteiger charge is -2.32. The lowest BCUT2D eigenvalue weighted by atomic mass is 9.95. The molecule has 8 nitrogen and oxygen atoms in total. The van der Waals surface area contributed by atoms with Crippen LogP contribution in [0.4, 0.5) is 0 Å². The second-order valence-electron chi connectivity index (χ2n) is 7.81. The van der Waals surface area contributed by atoms with Crippen molar-refractivity contribution in [3.8, 4) is 5.69 Å². The fraction of sp³-hybridized carbons (Fsp3) is 0.500. The molecule has 0 bridgehead atoms. The first kappa shape index (κ1) is 17.5. The number of rotatable bonds is 4. The van der Waals surface area contributed by atoms with Gasteiger partial charge in [-0.25, -0.2) is 9.67 Å². The van der Waals surface area contributed by atoms with Gasteiger partial charge in [0.25, 0.3) is 0 Å². The molecule has 2 aromatic heterocycles. The van der Waals surface area contributed by atoms with Crippen LogP contribution in [0.2, 0.25) is 0 Å². The Morgan fingerprint density at radius 2 is 2.04 bits per heavy atom. The van der Waals surface area contributed by atoms with Crippen molar-refractivity contribution >= 4 is 0 Å². The van der Waals surface area contributed by atoms with E-state index in [2.05, 4.69) is 60.2 Å². The van der Waals surface area contributed by atoms with Gasteiger partial charge < -0.3 is 9.88 Å². The number of benzene rings is 1. The van der Waals surface area contributed by atoms with E-state index < -0.39 is 0 Å². The number of aromatic nitrogens is 6. The van der Waals surface area contributed by atoms with Crippen molar-refractivity contribution in [2.45, 2.75) is 45.3 Å². The van der Waals surface area contributed by atoms with E-state index in [1.54, 1.807) is 12.7 Å². The molecule has 4 heterocycles. The average molecular weight is 378 g/mol. The minimum absolute atomic E-state index is 0.534. The number of nitrogens with one attached hydrogen (secondary N) is 1. The highest BCUT2D eigenvalue weighted by Crippen LogP contribution is 2.28. The van der Waals surface area contributed by atoms with E-state index in [1.165, 1.54) is 17.0 Å². The topological polar surface area (TPSA) is 76.7 Å². The number of nitrogens with zero attached hydrogens (tertiary/aromatic N) is 7. The molecular formula is C20H26N8. The Kier molecular flexibility index (Phi) is 4.66. The Hall–Kier alpha value is -2.58. The molecule has 0 atom stereocenters. The number of aryl methyl sites for hydroxylation is 1. The third kappa shape index (κ3) is 3.33. The molecule has 0 aliphatic carbocycles. The molecule has 0 saturated carbocycles.